The molecule has 3 N–H and O–H groups in total. The average molecular weight is 249 g/mol. The van der Waals surface area contributed by atoms with Crippen LogP contribution in [0.1, 0.15) is 45.4 Å². The van der Waals surface area contributed by atoms with E-state index in [9.17, 15) is 9.59 Å². The van der Waals surface area contributed by atoms with Gasteiger partial charge in [0.05, 0.1) is 0 Å². The summed E-state index contributed by atoms with van der Waals surface area (Å²) >= 11 is 0. The summed E-state index contributed by atoms with van der Waals surface area (Å²) in [6.45, 7) is 1.89. The quantitative estimate of drug-likeness (QED) is 0.655. The molecule has 3 amide bonds. The molecule has 1 fully saturated rings. The van der Waals surface area contributed by atoms with Crippen LogP contribution in [0.25, 0.3) is 0 Å². The number of allylic oxidation sites excluding steroid dienone is 1. The maximum absolute atomic E-state index is 12.2. The molecule has 0 bridgehead atoms. The highest BCUT2D eigenvalue weighted by molar-refractivity contribution is 6.21. The van der Waals surface area contributed by atoms with Crippen molar-refractivity contribution in [2.45, 2.75) is 45.4 Å². The van der Waals surface area contributed by atoms with E-state index in [1.54, 1.807) is 0 Å². The van der Waals surface area contributed by atoms with Crippen molar-refractivity contribution < 1.29 is 9.59 Å². The van der Waals surface area contributed by atoms with Gasteiger partial charge >= 0.3 is 6.03 Å². The Labute approximate surface area is 107 Å². The van der Waals surface area contributed by atoms with Crippen molar-refractivity contribution in [2.24, 2.45) is 5.41 Å². The molecule has 0 spiro atoms. The molecule has 98 valence electrons. The third-order valence-corrected chi connectivity index (χ3v) is 3.90. The largest absolute Gasteiger partial charge is 0.326 e. The van der Waals surface area contributed by atoms with Gasteiger partial charge in [0.1, 0.15) is 11.3 Å². The normalized spacial score (nSPS) is 29.2. The van der Waals surface area contributed by atoms with E-state index in [1.807, 2.05) is 6.92 Å². The molecule has 5 nitrogen and oxygen atoms in total. The summed E-state index contributed by atoms with van der Waals surface area (Å²) in [5, 5.41) is 12.8. The predicted molar refractivity (Wildman–Crippen MR) is 68.3 cm³/mol. The molecule has 5 heteroatoms. The molecular weight excluding hydrogens is 230 g/mol. The molecule has 0 radical (unpaired) electrons. The van der Waals surface area contributed by atoms with E-state index in [2.05, 4.69) is 16.7 Å². The second kappa shape index (κ2) is 4.92. The van der Waals surface area contributed by atoms with Gasteiger partial charge in [-0.1, -0.05) is 25.0 Å². The van der Waals surface area contributed by atoms with Crippen molar-refractivity contribution in [2.75, 3.05) is 0 Å². The highest BCUT2D eigenvalue weighted by Gasteiger charge is 2.48. The van der Waals surface area contributed by atoms with Crippen LogP contribution in [0.2, 0.25) is 0 Å². The number of hydrogen-bond acceptors (Lipinski definition) is 3. The van der Waals surface area contributed by atoms with Crippen LogP contribution in [-0.2, 0) is 4.79 Å². The molecular formula is C13H19N3O2. The lowest BCUT2D eigenvalue weighted by Crippen LogP contribution is -2.62. The Kier molecular flexibility index (Phi) is 3.50. The zero-order chi connectivity index (χ0) is 13.2. The fourth-order valence-corrected chi connectivity index (χ4v) is 2.85. The first-order valence-electron chi connectivity index (χ1n) is 6.52. The summed E-state index contributed by atoms with van der Waals surface area (Å²) in [6.07, 6.45) is 7.70. The molecule has 0 aromatic heterocycles. The Morgan fingerprint density at radius 1 is 1.28 bits per heavy atom. The monoisotopic (exact) mass is 249 g/mol. The lowest BCUT2D eigenvalue weighted by atomic mass is 9.72. The maximum atomic E-state index is 12.2. The molecule has 1 unspecified atom stereocenters. The van der Waals surface area contributed by atoms with Crippen LogP contribution < -0.4 is 10.6 Å². The number of carbonyl (C=O) groups is 2. The van der Waals surface area contributed by atoms with Crippen LogP contribution in [0.15, 0.2) is 11.6 Å². The van der Waals surface area contributed by atoms with Gasteiger partial charge in [-0.2, -0.15) is 0 Å². The molecule has 18 heavy (non-hydrogen) atoms. The number of amides is 3. The lowest BCUT2D eigenvalue weighted by molar-refractivity contribution is -0.125. The van der Waals surface area contributed by atoms with Gasteiger partial charge in [-0.25, -0.2) is 4.79 Å². The molecule has 0 aromatic rings. The maximum Gasteiger partial charge on any atom is 0.326 e. The third kappa shape index (κ3) is 1.94. The second-order valence-electron chi connectivity index (χ2n) is 4.87. The van der Waals surface area contributed by atoms with Gasteiger partial charge in [0, 0.05) is 0 Å². The molecule has 0 aromatic carbocycles. The van der Waals surface area contributed by atoms with Crippen LogP contribution in [0, 0.1) is 10.8 Å². The number of imide groups is 1. The molecule has 1 saturated heterocycles. The van der Waals surface area contributed by atoms with Gasteiger partial charge in [0.2, 0.25) is 5.91 Å². The number of hydrogen-bond donors (Lipinski definition) is 3. The van der Waals surface area contributed by atoms with Gasteiger partial charge in [0.15, 0.2) is 0 Å². The summed E-state index contributed by atoms with van der Waals surface area (Å²) in [5.74, 6) is -0.334. The average Bonchev–Trinajstić information content (AvgIpc) is 2.58. The Bertz CT molecular complexity index is 406. The van der Waals surface area contributed by atoms with Crippen molar-refractivity contribution in [3.05, 3.63) is 11.6 Å². The number of rotatable bonds is 2. The zero-order valence-corrected chi connectivity index (χ0v) is 10.6. The van der Waals surface area contributed by atoms with Gasteiger partial charge in [0.25, 0.3) is 0 Å². The highest BCUT2D eigenvalue weighted by Crippen LogP contribution is 2.38. The van der Waals surface area contributed by atoms with Gasteiger partial charge < -0.3 is 0 Å². The Morgan fingerprint density at radius 3 is 2.72 bits per heavy atom. The van der Waals surface area contributed by atoms with E-state index in [4.69, 9.17) is 5.41 Å². The first-order chi connectivity index (χ1) is 8.61. The number of carbonyl (C=O) groups excluding carboxylic acids is 2. The van der Waals surface area contributed by atoms with E-state index >= 15 is 0 Å². The Morgan fingerprint density at radius 2 is 2.06 bits per heavy atom. The summed E-state index contributed by atoms with van der Waals surface area (Å²) in [6, 6.07) is -0.594. The van der Waals surface area contributed by atoms with Crippen molar-refractivity contribution in [1.29, 1.82) is 5.41 Å². The van der Waals surface area contributed by atoms with Gasteiger partial charge in [-0.05, 0) is 32.1 Å². The second-order valence-corrected chi connectivity index (χ2v) is 4.87. The van der Waals surface area contributed by atoms with E-state index < -0.39 is 11.4 Å². The molecule has 0 saturated carbocycles. The van der Waals surface area contributed by atoms with Crippen LogP contribution >= 0.6 is 0 Å². The number of amidine groups is 1. The highest BCUT2D eigenvalue weighted by atomic mass is 16.2. The van der Waals surface area contributed by atoms with Crippen molar-refractivity contribution in [3.63, 3.8) is 0 Å². The third-order valence-electron chi connectivity index (χ3n) is 3.90. The number of urea groups is 1. The molecule has 1 aliphatic carbocycles. The minimum absolute atomic E-state index is 0.0203. The van der Waals surface area contributed by atoms with E-state index in [1.165, 1.54) is 0 Å². The van der Waals surface area contributed by atoms with Crippen LogP contribution in [0.4, 0.5) is 4.79 Å². The summed E-state index contributed by atoms with van der Waals surface area (Å²) in [5.41, 5.74) is 0.0307. The van der Waals surface area contributed by atoms with Crippen LogP contribution in [0.3, 0.4) is 0 Å². The smallest absolute Gasteiger partial charge is 0.295 e. The molecule has 2 aliphatic rings. The SMILES string of the molecule is CCC1(C2=CCCCCC2)C(=N)NC(=O)NC1=O. The summed E-state index contributed by atoms with van der Waals surface area (Å²) in [7, 11) is 0. The van der Waals surface area contributed by atoms with Crippen molar-refractivity contribution >= 4 is 17.8 Å². The Hall–Kier alpha value is -1.65. The van der Waals surface area contributed by atoms with E-state index in [-0.39, 0.29) is 11.7 Å². The molecule has 1 aliphatic heterocycles. The zero-order valence-electron chi connectivity index (χ0n) is 10.6. The Balaban J connectivity index is 2.39. The number of nitrogens with one attached hydrogen (secondary N) is 3. The minimum Gasteiger partial charge on any atom is -0.295 e. The van der Waals surface area contributed by atoms with Gasteiger partial charge in [-0.3, -0.25) is 20.8 Å². The molecule has 2 rings (SSSR count). The topological polar surface area (TPSA) is 82.1 Å². The summed E-state index contributed by atoms with van der Waals surface area (Å²) in [4.78, 5) is 23.5. The lowest BCUT2D eigenvalue weighted by Gasteiger charge is -2.37. The fourth-order valence-electron chi connectivity index (χ4n) is 2.85. The van der Waals surface area contributed by atoms with E-state index in [0.717, 1.165) is 37.7 Å². The van der Waals surface area contributed by atoms with Crippen molar-refractivity contribution in [3.8, 4) is 0 Å². The van der Waals surface area contributed by atoms with Gasteiger partial charge in [-0.15, -0.1) is 0 Å². The minimum atomic E-state index is -0.960. The molecule has 1 heterocycles. The van der Waals surface area contributed by atoms with Crippen molar-refractivity contribution in [1.82, 2.24) is 10.6 Å². The first-order valence-corrected chi connectivity index (χ1v) is 6.52. The fraction of sp³-hybridized carbons (Fsp3) is 0.615. The first kappa shape index (κ1) is 12.8. The summed E-state index contributed by atoms with van der Waals surface area (Å²) < 4.78 is 0. The van der Waals surface area contributed by atoms with Crippen LogP contribution in [0.5, 0.6) is 0 Å². The predicted octanol–water partition coefficient (Wildman–Crippen LogP) is 2.09. The molecule has 1 atom stereocenters. The standard InChI is InChI=1S/C13H19N3O2/c1-2-13(9-7-5-3-4-6-8-9)10(14)15-12(18)16-11(13)17/h7H,2-6,8H2,1H3,(H3,14,15,16,17,18). The van der Waals surface area contributed by atoms with Crippen LogP contribution in [-0.4, -0.2) is 17.8 Å². The van der Waals surface area contributed by atoms with E-state index in [0.29, 0.717) is 6.42 Å².